The quantitative estimate of drug-likeness (QED) is 0.891. The van der Waals surface area contributed by atoms with E-state index in [1.165, 1.54) is 6.07 Å². The van der Waals surface area contributed by atoms with Crippen molar-refractivity contribution in [1.29, 1.82) is 0 Å². The Kier molecular flexibility index (Phi) is 5.52. The summed E-state index contributed by atoms with van der Waals surface area (Å²) in [7, 11) is 0. The first-order valence-electron chi connectivity index (χ1n) is 7.07. The molecule has 0 bridgehead atoms. The second-order valence-electron chi connectivity index (χ2n) is 5.54. The number of hydrogen-bond donors (Lipinski definition) is 2. The lowest BCUT2D eigenvalue weighted by atomic mass is 10.0. The maximum absolute atomic E-state index is 13.9. The van der Waals surface area contributed by atoms with Crippen molar-refractivity contribution in [2.45, 2.75) is 30.8 Å². The molecule has 1 heterocycles. The Bertz CT molecular complexity index is 504. The number of amides is 1. The van der Waals surface area contributed by atoms with Crippen LogP contribution >= 0.6 is 24.2 Å². The third-order valence-electron chi connectivity index (χ3n) is 3.95. The summed E-state index contributed by atoms with van der Waals surface area (Å²) in [5.41, 5.74) is 0.170. The molecule has 0 aromatic heterocycles. The Morgan fingerprint density at radius 2 is 2.19 bits per heavy atom. The second-order valence-corrected chi connectivity index (χ2v) is 6.69. The van der Waals surface area contributed by atoms with Crippen LogP contribution in [0.4, 0.5) is 4.39 Å². The molecular formula is C15H20ClFN2OS. The van der Waals surface area contributed by atoms with Crippen LogP contribution in [0.3, 0.4) is 0 Å². The minimum absolute atomic E-state index is 0. The van der Waals surface area contributed by atoms with Gasteiger partial charge in [-0.2, -0.15) is 11.8 Å². The summed E-state index contributed by atoms with van der Waals surface area (Å²) >= 11 is 1.87. The van der Waals surface area contributed by atoms with Crippen molar-refractivity contribution in [2.75, 3.05) is 18.1 Å². The smallest absolute Gasteiger partial charge is 0.222 e. The molecule has 116 valence electrons. The zero-order chi connectivity index (χ0) is 14.0. The molecular weight excluding hydrogens is 311 g/mol. The van der Waals surface area contributed by atoms with Crippen LogP contribution < -0.4 is 10.6 Å². The summed E-state index contributed by atoms with van der Waals surface area (Å²) < 4.78 is 13.9. The van der Waals surface area contributed by atoms with E-state index in [0.29, 0.717) is 12.0 Å². The third-order valence-corrected chi connectivity index (χ3v) is 5.08. The molecule has 3 rings (SSSR count). The predicted octanol–water partition coefficient (Wildman–Crippen LogP) is 2.45. The van der Waals surface area contributed by atoms with Gasteiger partial charge in [-0.1, -0.05) is 18.2 Å². The highest BCUT2D eigenvalue weighted by Crippen LogP contribution is 2.46. The van der Waals surface area contributed by atoms with E-state index < -0.39 is 5.54 Å². The van der Waals surface area contributed by atoms with Crippen molar-refractivity contribution in [2.24, 2.45) is 0 Å². The van der Waals surface area contributed by atoms with Gasteiger partial charge in [0.25, 0.3) is 0 Å². The zero-order valence-electron chi connectivity index (χ0n) is 11.7. The van der Waals surface area contributed by atoms with Gasteiger partial charge in [0.1, 0.15) is 5.82 Å². The maximum Gasteiger partial charge on any atom is 0.222 e. The number of carbonyl (C=O) groups is 1. The molecule has 1 saturated heterocycles. The van der Waals surface area contributed by atoms with E-state index in [2.05, 4.69) is 10.6 Å². The monoisotopic (exact) mass is 330 g/mol. The summed E-state index contributed by atoms with van der Waals surface area (Å²) in [6.45, 7) is 0.959. The number of nitrogens with one attached hydrogen (secondary N) is 2. The molecule has 1 saturated carbocycles. The zero-order valence-corrected chi connectivity index (χ0v) is 13.4. The van der Waals surface area contributed by atoms with Crippen LogP contribution in [-0.2, 0) is 10.3 Å². The first-order chi connectivity index (χ1) is 9.70. The molecule has 1 amide bonds. The van der Waals surface area contributed by atoms with Crippen LogP contribution in [0, 0.1) is 5.82 Å². The van der Waals surface area contributed by atoms with Gasteiger partial charge in [-0.3, -0.25) is 4.79 Å². The van der Waals surface area contributed by atoms with E-state index in [1.54, 1.807) is 12.1 Å². The summed E-state index contributed by atoms with van der Waals surface area (Å²) in [5.74, 6) is 1.87. The van der Waals surface area contributed by atoms with Gasteiger partial charge < -0.3 is 10.6 Å². The second kappa shape index (κ2) is 6.99. The summed E-state index contributed by atoms with van der Waals surface area (Å²) in [6.07, 6.45) is 2.13. The minimum Gasteiger partial charge on any atom is -0.346 e. The number of rotatable bonds is 4. The van der Waals surface area contributed by atoms with Crippen molar-refractivity contribution in [1.82, 2.24) is 10.6 Å². The highest BCUT2D eigenvalue weighted by atomic mass is 35.5. The summed E-state index contributed by atoms with van der Waals surface area (Å²) in [5, 5.41) is 6.40. The molecule has 2 N–H and O–H groups in total. The lowest BCUT2D eigenvalue weighted by Crippen LogP contribution is -2.43. The number of halogens is 2. The SMILES string of the molecule is Cl.O=C(CC1CSCCN1)NC1(c2ccccc2F)CC1. The van der Waals surface area contributed by atoms with E-state index in [1.807, 2.05) is 17.8 Å². The van der Waals surface area contributed by atoms with E-state index >= 15 is 0 Å². The first kappa shape index (κ1) is 16.6. The fraction of sp³-hybridized carbons (Fsp3) is 0.533. The fourth-order valence-corrected chi connectivity index (χ4v) is 3.68. The first-order valence-corrected chi connectivity index (χ1v) is 8.22. The molecule has 21 heavy (non-hydrogen) atoms. The van der Waals surface area contributed by atoms with Crippen molar-refractivity contribution in [3.8, 4) is 0 Å². The molecule has 0 spiro atoms. The number of benzene rings is 1. The average Bonchev–Trinajstić information content (AvgIpc) is 3.20. The topological polar surface area (TPSA) is 41.1 Å². The molecule has 1 unspecified atom stereocenters. The Labute approximate surface area is 134 Å². The van der Waals surface area contributed by atoms with Crippen molar-refractivity contribution >= 4 is 30.1 Å². The van der Waals surface area contributed by atoms with Crippen molar-refractivity contribution < 1.29 is 9.18 Å². The summed E-state index contributed by atoms with van der Waals surface area (Å²) in [4.78, 5) is 12.2. The van der Waals surface area contributed by atoms with Gasteiger partial charge in [-0.05, 0) is 18.9 Å². The van der Waals surface area contributed by atoms with Crippen molar-refractivity contribution in [3.63, 3.8) is 0 Å². The Hall–Kier alpha value is -0.780. The number of hydrogen-bond acceptors (Lipinski definition) is 3. The largest absolute Gasteiger partial charge is 0.346 e. The van der Waals surface area contributed by atoms with Gasteiger partial charge in [-0.15, -0.1) is 12.4 Å². The van der Waals surface area contributed by atoms with Crippen LogP contribution in [0.5, 0.6) is 0 Å². The van der Waals surface area contributed by atoms with E-state index in [9.17, 15) is 9.18 Å². The highest BCUT2D eigenvalue weighted by Gasteiger charge is 2.47. The van der Waals surface area contributed by atoms with Gasteiger partial charge in [0, 0.05) is 36.1 Å². The highest BCUT2D eigenvalue weighted by molar-refractivity contribution is 7.99. The van der Waals surface area contributed by atoms with Gasteiger partial charge in [0.2, 0.25) is 5.91 Å². The Morgan fingerprint density at radius 1 is 1.43 bits per heavy atom. The van der Waals surface area contributed by atoms with E-state index in [-0.39, 0.29) is 30.2 Å². The van der Waals surface area contributed by atoms with E-state index in [0.717, 1.165) is 30.9 Å². The maximum atomic E-state index is 13.9. The molecule has 2 aliphatic rings. The summed E-state index contributed by atoms with van der Waals surface area (Å²) in [6, 6.07) is 6.98. The molecule has 1 aliphatic carbocycles. The molecule has 1 aromatic rings. The predicted molar refractivity (Wildman–Crippen MR) is 86.4 cm³/mol. The molecule has 6 heteroatoms. The van der Waals surface area contributed by atoms with Crippen LogP contribution in [0.25, 0.3) is 0 Å². The lowest BCUT2D eigenvalue weighted by Gasteiger charge is -2.24. The van der Waals surface area contributed by atoms with Crippen LogP contribution in [0.2, 0.25) is 0 Å². The number of thioether (sulfide) groups is 1. The molecule has 1 aromatic carbocycles. The Balaban J connectivity index is 0.00000161. The van der Waals surface area contributed by atoms with Gasteiger partial charge in [-0.25, -0.2) is 4.39 Å². The van der Waals surface area contributed by atoms with Crippen LogP contribution in [-0.4, -0.2) is 30.0 Å². The van der Waals surface area contributed by atoms with Crippen LogP contribution in [0.1, 0.15) is 24.8 Å². The molecule has 3 nitrogen and oxygen atoms in total. The fourth-order valence-electron chi connectivity index (χ4n) is 2.73. The minimum atomic E-state index is -0.454. The third kappa shape index (κ3) is 3.90. The van der Waals surface area contributed by atoms with Crippen LogP contribution in [0.15, 0.2) is 24.3 Å². The van der Waals surface area contributed by atoms with Crippen molar-refractivity contribution in [3.05, 3.63) is 35.6 Å². The Morgan fingerprint density at radius 3 is 2.81 bits per heavy atom. The van der Waals surface area contributed by atoms with Gasteiger partial charge in [0.05, 0.1) is 5.54 Å². The molecule has 1 aliphatic heterocycles. The average molecular weight is 331 g/mol. The van der Waals surface area contributed by atoms with Gasteiger partial charge in [0.15, 0.2) is 0 Å². The number of carbonyl (C=O) groups excluding carboxylic acids is 1. The lowest BCUT2D eigenvalue weighted by molar-refractivity contribution is -0.122. The molecule has 2 fully saturated rings. The van der Waals surface area contributed by atoms with E-state index in [4.69, 9.17) is 0 Å². The molecule has 1 atom stereocenters. The van der Waals surface area contributed by atoms with Gasteiger partial charge >= 0.3 is 0 Å². The molecule has 0 radical (unpaired) electrons. The normalized spacial score (nSPS) is 23.0. The standard InChI is InChI=1S/C15H19FN2OS.ClH/c16-13-4-2-1-3-12(13)15(5-6-15)18-14(19)9-11-10-20-8-7-17-11;/h1-4,11,17H,5-10H2,(H,18,19);1H.